The van der Waals surface area contributed by atoms with Crippen LogP contribution in [0.15, 0.2) is 48.7 Å². The Morgan fingerprint density at radius 3 is 2.76 bits per heavy atom. The van der Waals surface area contributed by atoms with Crippen molar-refractivity contribution in [3.63, 3.8) is 0 Å². The lowest BCUT2D eigenvalue weighted by Gasteiger charge is -2.06. The summed E-state index contributed by atoms with van der Waals surface area (Å²) < 4.78 is 6.96. The van der Waals surface area contributed by atoms with Gasteiger partial charge < -0.3 is 14.5 Å². The number of ether oxygens (including phenoxy) is 1. The number of carbonyl (C=O) groups is 2. The molecule has 0 atom stereocenters. The molecule has 0 unspecified atom stereocenters. The molecule has 1 N–H and O–H groups in total. The van der Waals surface area contributed by atoms with Crippen LogP contribution < -0.4 is 5.32 Å². The topological polar surface area (TPSA) is 72.7 Å². The first-order chi connectivity index (χ1) is 12.1. The summed E-state index contributed by atoms with van der Waals surface area (Å²) in [4.78, 5) is 28.7. The molecule has 0 aliphatic heterocycles. The molecule has 0 fully saturated rings. The van der Waals surface area contributed by atoms with Crippen LogP contribution in [0.4, 0.5) is 5.69 Å². The van der Waals surface area contributed by atoms with Crippen molar-refractivity contribution in [2.75, 3.05) is 11.9 Å². The zero-order valence-corrected chi connectivity index (χ0v) is 14.2. The van der Waals surface area contributed by atoms with E-state index in [1.54, 1.807) is 30.5 Å². The average molecular weight is 337 g/mol. The number of rotatable bonds is 5. The summed E-state index contributed by atoms with van der Waals surface area (Å²) in [6, 6.07) is 12.3. The summed E-state index contributed by atoms with van der Waals surface area (Å²) in [5.41, 5.74) is 2.93. The highest BCUT2D eigenvalue weighted by Crippen LogP contribution is 2.14. The van der Waals surface area contributed by atoms with Crippen LogP contribution in [0.3, 0.4) is 0 Å². The lowest BCUT2D eigenvalue weighted by molar-refractivity contribution is 0.0505. The number of hydrogen-bond acceptors (Lipinski definition) is 4. The Kier molecular flexibility index (Phi) is 4.79. The molecule has 25 heavy (non-hydrogen) atoms. The predicted molar refractivity (Wildman–Crippen MR) is 94.9 cm³/mol. The molecule has 2 aromatic heterocycles. The van der Waals surface area contributed by atoms with Crippen LogP contribution in [0.25, 0.3) is 5.65 Å². The van der Waals surface area contributed by atoms with Gasteiger partial charge in [0.2, 0.25) is 0 Å². The van der Waals surface area contributed by atoms with Crippen molar-refractivity contribution in [2.45, 2.75) is 20.3 Å². The smallest absolute Gasteiger partial charge is 0.338 e. The molecule has 3 rings (SSSR count). The summed E-state index contributed by atoms with van der Waals surface area (Å²) in [6.07, 6.45) is 2.45. The molecule has 0 saturated carbocycles. The molecule has 0 aliphatic rings. The van der Waals surface area contributed by atoms with Crippen molar-refractivity contribution < 1.29 is 14.3 Å². The number of esters is 1. The van der Waals surface area contributed by atoms with Crippen LogP contribution in [0.2, 0.25) is 0 Å². The number of aryl methyl sites for hydroxylation is 1. The van der Waals surface area contributed by atoms with Crippen LogP contribution in [0.1, 0.15) is 39.9 Å². The molecular formula is C19H19N3O3. The number of fused-ring (bicyclic) bond motifs is 1. The van der Waals surface area contributed by atoms with E-state index >= 15 is 0 Å². The normalized spacial score (nSPS) is 10.6. The molecule has 0 spiro atoms. The van der Waals surface area contributed by atoms with Gasteiger partial charge in [0.1, 0.15) is 11.3 Å². The number of pyridine rings is 1. The van der Waals surface area contributed by atoms with Crippen LogP contribution in [0, 0.1) is 6.92 Å². The standard InChI is InChI=1S/C19H19N3O3/c1-3-10-25-19(24)14-7-5-8-15(11-14)20-18(23)16-12-22-13(2)6-4-9-17(22)21-16/h4-9,11-12H,3,10H2,1-2H3,(H,20,23). The van der Waals surface area contributed by atoms with Crippen LogP contribution in [-0.4, -0.2) is 27.9 Å². The van der Waals surface area contributed by atoms with Gasteiger partial charge in [-0.15, -0.1) is 0 Å². The first kappa shape index (κ1) is 16.7. The summed E-state index contributed by atoms with van der Waals surface area (Å²) in [5.74, 6) is -0.733. The van der Waals surface area contributed by atoms with Gasteiger partial charge in [0.15, 0.2) is 0 Å². The maximum atomic E-state index is 12.4. The van der Waals surface area contributed by atoms with E-state index in [1.165, 1.54) is 0 Å². The van der Waals surface area contributed by atoms with E-state index in [9.17, 15) is 9.59 Å². The fourth-order valence-corrected chi connectivity index (χ4v) is 2.45. The molecule has 0 aliphatic carbocycles. The maximum Gasteiger partial charge on any atom is 0.338 e. The van der Waals surface area contributed by atoms with Crippen molar-refractivity contribution in [1.29, 1.82) is 0 Å². The Balaban J connectivity index is 1.78. The molecule has 128 valence electrons. The Labute approximate surface area is 145 Å². The fraction of sp³-hybridized carbons (Fsp3) is 0.211. The molecule has 0 radical (unpaired) electrons. The van der Waals surface area contributed by atoms with E-state index in [2.05, 4.69) is 10.3 Å². The highest BCUT2D eigenvalue weighted by atomic mass is 16.5. The highest BCUT2D eigenvalue weighted by molar-refractivity contribution is 6.03. The molecule has 6 nitrogen and oxygen atoms in total. The van der Waals surface area contributed by atoms with Crippen LogP contribution in [0.5, 0.6) is 0 Å². The van der Waals surface area contributed by atoms with Gasteiger partial charge in [0, 0.05) is 17.6 Å². The Morgan fingerprint density at radius 1 is 1.20 bits per heavy atom. The van der Waals surface area contributed by atoms with E-state index in [0.29, 0.717) is 29.2 Å². The molecule has 1 aromatic carbocycles. The molecule has 0 bridgehead atoms. The number of benzene rings is 1. The molecule has 6 heteroatoms. The predicted octanol–water partition coefficient (Wildman–Crippen LogP) is 3.46. The van der Waals surface area contributed by atoms with Crippen molar-refractivity contribution in [1.82, 2.24) is 9.38 Å². The minimum absolute atomic E-state index is 0.313. The summed E-state index contributed by atoms with van der Waals surface area (Å²) in [5, 5.41) is 2.77. The summed E-state index contributed by atoms with van der Waals surface area (Å²) >= 11 is 0. The number of amides is 1. The second kappa shape index (κ2) is 7.17. The molecular weight excluding hydrogens is 318 g/mol. The van der Waals surface area contributed by atoms with E-state index in [-0.39, 0.29) is 5.91 Å². The number of aromatic nitrogens is 2. The third-order valence-electron chi connectivity index (χ3n) is 3.72. The molecule has 0 saturated heterocycles. The summed E-state index contributed by atoms with van der Waals surface area (Å²) in [6.45, 7) is 4.25. The number of anilines is 1. The number of hydrogen-bond donors (Lipinski definition) is 1. The Morgan fingerprint density at radius 2 is 2.00 bits per heavy atom. The maximum absolute atomic E-state index is 12.4. The number of imidazole rings is 1. The van der Waals surface area contributed by atoms with Gasteiger partial charge in [-0.3, -0.25) is 4.79 Å². The zero-order valence-electron chi connectivity index (χ0n) is 14.2. The quantitative estimate of drug-likeness (QED) is 0.724. The van der Waals surface area contributed by atoms with Crippen molar-refractivity contribution in [3.8, 4) is 0 Å². The van der Waals surface area contributed by atoms with Gasteiger partial charge in [0.05, 0.1) is 12.2 Å². The second-order valence-electron chi connectivity index (χ2n) is 5.69. The average Bonchev–Trinajstić information content (AvgIpc) is 3.06. The first-order valence-electron chi connectivity index (χ1n) is 8.11. The van der Waals surface area contributed by atoms with Gasteiger partial charge >= 0.3 is 5.97 Å². The Hall–Kier alpha value is -3.15. The van der Waals surface area contributed by atoms with Crippen LogP contribution >= 0.6 is 0 Å². The van der Waals surface area contributed by atoms with Gasteiger partial charge in [-0.1, -0.05) is 19.1 Å². The number of nitrogens with one attached hydrogen (secondary N) is 1. The molecule has 1 amide bonds. The largest absolute Gasteiger partial charge is 0.462 e. The molecule has 3 aromatic rings. The fourth-order valence-electron chi connectivity index (χ4n) is 2.45. The zero-order chi connectivity index (χ0) is 17.8. The lowest BCUT2D eigenvalue weighted by Crippen LogP contribution is -2.13. The van der Waals surface area contributed by atoms with E-state index in [4.69, 9.17) is 4.74 Å². The number of nitrogens with zero attached hydrogens (tertiary/aromatic N) is 2. The Bertz CT molecular complexity index is 931. The van der Waals surface area contributed by atoms with Gasteiger partial charge in [0.25, 0.3) is 5.91 Å². The van der Waals surface area contributed by atoms with E-state index in [0.717, 1.165) is 12.1 Å². The SMILES string of the molecule is CCCOC(=O)c1cccc(NC(=O)c2cn3c(C)cccc3n2)c1. The van der Waals surface area contributed by atoms with Gasteiger partial charge in [-0.05, 0) is 43.7 Å². The number of carbonyl (C=O) groups excluding carboxylic acids is 2. The second-order valence-corrected chi connectivity index (χ2v) is 5.69. The monoisotopic (exact) mass is 337 g/mol. The molecule has 2 heterocycles. The first-order valence-corrected chi connectivity index (χ1v) is 8.11. The minimum Gasteiger partial charge on any atom is -0.462 e. The van der Waals surface area contributed by atoms with E-state index < -0.39 is 5.97 Å². The minimum atomic E-state index is -0.402. The third-order valence-corrected chi connectivity index (χ3v) is 3.72. The van der Waals surface area contributed by atoms with Gasteiger partial charge in [-0.25, -0.2) is 9.78 Å². The summed E-state index contributed by atoms with van der Waals surface area (Å²) in [7, 11) is 0. The lowest BCUT2D eigenvalue weighted by atomic mass is 10.2. The van der Waals surface area contributed by atoms with Crippen molar-refractivity contribution >= 4 is 23.2 Å². The third kappa shape index (κ3) is 3.68. The van der Waals surface area contributed by atoms with Gasteiger partial charge in [-0.2, -0.15) is 0 Å². The van der Waals surface area contributed by atoms with E-state index in [1.807, 2.05) is 36.4 Å². The highest BCUT2D eigenvalue weighted by Gasteiger charge is 2.13. The van der Waals surface area contributed by atoms with Crippen molar-refractivity contribution in [2.24, 2.45) is 0 Å². The van der Waals surface area contributed by atoms with Crippen LogP contribution in [-0.2, 0) is 4.74 Å². The van der Waals surface area contributed by atoms with Crippen molar-refractivity contribution in [3.05, 3.63) is 65.6 Å².